The third-order valence-corrected chi connectivity index (χ3v) is 4.53. The number of ether oxygens (including phenoxy) is 1. The molecule has 0 bridgehead atoms. The van der Waals surface area contributed by atoms with E-state index in [1.54, 1.807) is 55.5 Å². The standard InChI is InChI=1S/C21H20N2O5/c1-14-7-5-6-10-17(14)20(26)22-23-12-16(11-19(23)25)21(27)28-13-18(24)15-8-3-2-4-9-15/h2-10,16H,11-13H2,1H3,(H,22,26). The Kier molecular flexibility index (Phi) is 5.84. The Labute approximate surface area is 162 Å². The van der Waals surface area contributed by atoms with E-state index >= 15 is 0 Å². The molecule has 0 saturated carbocycles. The predicted molar refractivity (Wildman–Crippen MR) is 100 cm³/mol. The van der Waals surface area contributed by atoms with Gasteiger partial charge in [-0.2, -0.15) is 0 Å². The lowest BCUT2D eigenvalue weighted by Gasteiger charge is -2.18. The zero-order valence-corrected chi connectivity index (χ0v) is 15.4. The summed E-state index contributed by atoms with van der Waals surface area (Å²) in [6.07, 6.45) is -0.0770. The number of hydrogen-bond donors (Lipinski definition) is 1. The van der Waals surface area contributed by atoms with Crippen LogP contribution in [0.25, 0.3) is 0 Å². The van der Waals surface area contributed by atoms with Crippen LogP contribution < -0.4 is 5.43 Å². The molecule has 2 amide bonds. The van der Waals surface area contributed by atoms with Crippen molar-refractivity contribution in [2.75, 3.05) is 13.2 Å². The van der Waals surface area contributed by atoms with Gasteiger partial charge < -0.3 is 4.74 Å². The molecule has 0 radical (unpaired) electrons. The van der Waals surface area contributed by atoms with E-state index in [9.17, 15) is 19.2 Å². The van der Waals surface area contributed by atoms with Gasteiger partial charge in [-0.3, -0.25) is 29.6 Å². The Hall–Kier alpha value is -3.48. The summed E-state index contributed by atoms with van der Waals surface area (Å²) in [5.74, 6) is -2.47. The third-order valence-electron chi connectivity index (χ3n) is 4.53. The van der Waals surface area contributed by atoms with Crippen LogP contribution in [0.2, 0.25) is 0 Å². The zero-order chi connectivity index (χ0) is 20.1. The lowest BCUT2D eigenvalue weighted by atomic mass is 10.1. The van der Waals surface area contributed by atoms with Crippen LogP contribution in [0, 0.1) is 12.8 Å². The average molecular weight is 380 g/mol. The van der Waals surface area contributed by atoms with Gasteiger partial charge in [0.25, 0.3) is 5.91 Å². The Bertz CT molecular complexity index is 910. The number of rotatable bonds is 6. The number of hydrogen-bond acceptors (Lipinski definition) is 5. The molecule has 144 valence electrons. The smallest absolute Gasteiger partial charge is 0.311 e. The summed E-state index contributed by atoms with van der Waals surface area (Å²) in [7, 11) is 0. The van der Waals surface area contributed by atoms with Crippen molar-refractivity contribution in [2.45, 2.75) is 13.3 Å². The first-order chi connectivity index (χ1) is 13.5. The van der Waals surface area contributed by atoms with Crippen LogP contribution in [0.3, 0.4) is 0 Å². The summed E-state index contributed by atoms with van der Waals surface area (Å²) in [6, 6.07) is 15.5. The molecule has 1 N–H and O–H groups in total. The molecule has 3 rings (SSSR count). The number of nitrogens with one attached hydrogen (secondary N) is 1. The minimum Gasteiger partial charge on any atom is -0.457 e. The molecule has 7 nitrogen and oxygen atoms in total. The van der Waals surface area contributed by atoms with Crippen molar-refractivity contribution in [3.8, 4) is 0 Å². The molecule has 1 saturated heterocycles. The summed E-state index contributed by atoms with van der Waals surface area (Å²) in [5, 5.41) is 1.12. The highest BCUT2D eigenvalue weighted by Gasteiger charge is 2.36. The van der Waals surface area contributed by atoms with E-state index in [-0.39, 0.29) is 31.3 Å². The molecule has 0 spiro atoms. The average Bonchev–Trinajstić information content (AvgIpc) is 3.07. The molecule has 1 aliphatic heterocycles. The van der Waals surface area contributed by atoms with Crippen molar-refractivity contribution < 1.29 is 23.9 Å². The Morgan fingerprint density at radius 3 is 2.46 bits per heavy atom. The van der Waals surface area contributed by atoms with Crippen LogP contribution in [0.1, 0.15) is 32.7 Å². The maximum absolute atomic E-state index is 12.3. The van der Waals surface area contributed by atoms with Crippen molar-refractivity contribution in [3.63, 3.8) is 0 Å². The SMILES string of the molecule is Cc1ccccc1C(=O)NN1CC(C(=O)OCC(=O)c2ccccc2)CC1=O. The number of hydrazine groups is 1. The summed E-state index contributed by atoms with van der Waals surface area (Å²) >= 11 is 0. The number of nitrogens with zero attached hydrogens (tertiary/aromatic N) is 1. The fourth-order valence-corrected chi connectivity index (χ4v) is 2.95. The molecule has 1 heterocycles. The number of aryl methyl sites for hydroxylation is 1. The van der Waals surface area contributed by atoms with Crippen LogP contribution in [0.5, 0.6) is 0 Å². The van der Waals surface area contributed by atoms with Gasteiger partial charge in [0.05, 0.1) is 12.5 Å². The monoisotopic (exact) mass is 380 g/mol. The van der Waals surface area contributed by atoms with E-state index in [1.165, 1.54) is 0 Å². The van der Waals surface area contributed by atoms with Crippen molar-refractivity contribution in [1.29, 1.82) is 0 Å². The summed E-state index contributed by atoms with van der Waals surface area (Å²) in [5.41, 5.74) is 4.21. The highest BCUT2D eigenvalue weighted by atomic mass is 16.5. The van der Waals surface area contributed by atoms with Gasteiger partial charge in [-0.25, -0.2) is 0 Å². The maximum Gasteiger partial charge on any atom is 0.311 e. The van der Waals surface area contributed by atoms with Crippen LogP contribution >= 0.6 is 0 Å². The topological polar surface area (TPSA) is 92.8 Å². The van der Waals surface area contributed by atoms with Crippen LogP contribution in [0.4, 0.5) is 0 Å². The van der Waals surface area contributed by atoms with Gasteiger partial charge in [0.15, 0.2) is 12.4 Å². The Balaban J connectivity index is 1.53. The molecule has 2 aromatic rings. The summed E-state index contributed by atoms with van der Waals surface area (Å²) in [6.45, 7) is 1.42. The minimum absolute atomic E-state index is 0.00875. The van der Waals surface area contributed by atoms with Gasteiger partial charge in [0, 0.05) is 17.5 Å². The molecule has 28 heavy (non-hydrogen) atoms. The van der Waals surface area contributed by atoms with E-state index in [4.69, 9.17) is 4.74 Å². The van der Waals surface area contributed by atoms with E-state index < -0.39 is 17.8 Å². The molecule has 1 unspecified atom stereocenters. The van der Waals surface area contributed by atoms with Crippen molar-refractivity contribution >= 4 is 23.6 Å². The lowest BCUT2D eigenvalue weighted by Crippen LogP contribution is -2.43. The van der Waals surface area contributed by atoms with Crippen LogP contribution in [-0.4, -0.2) is 41.7 Å². The highest BCUT2D eigenvalue weighted by molar-refractivity contribution is 5.99. The van der Waals surface area contributed by atoms with Crippen molar-refractivity contribution in [1.82, 2.24) is 10.4 Å². The first kappa shape index (κ1) is 19.3. The van der Waals surface area contributed by atoms with Gasteiger partial charge in [-0.05, 0) is 18.6 Å². The maximum atomic E-state index is 12.3. The number of esters is 1. The van der Waals surface area contributed by atoms with Crippen molar-refractivity contribution in [3.05, 3.63) is 71.3 Å². The second kappa shape index (κ2) is 8.47. The summed E-state index contributed by atoms with van der Waals surface area (Å²) in [4.78, 5) is 48.7. The van der Waals surface area contributed by atoms with Crippen LogP contribution in [0.15, 0.2) is 54.6 Å². The molecule has 7 heteroatoms. The molecule has 1 fully saturated rings. The largest absolute Gasteiger partial charge is 0.457 e. The minimum atomic E-state index is -0.728. The number of amides is 2. The number of carbonyl (C=O) groups is 4. The zero-order valence-electron chi connectivity index (χ0n) is 15.4. The van der Waals surface area contributed by atoms with Gasteiger partial charge in [-0.15, -0.1) is 0 Å². The molecule has 1 atom stereocenters. The van der Waals surface area contributed by atoms with Gasteiger partial charge in [0.2, 0.25) is 5.91 Å². The molecule has 0 aliphatic carbocycles. The number of Topliss-reactive ketones (excluding diaryl/α,β-unsaturated/α-hetero) is 1. The quantitative estimate of drug-likeness (QED) is 0.610. The second-order valence-corrected chi connectivity index (χ2v) is 6.56. The molecule has 2 aromatic carbocycles. The van der Waals surface area contributed by atoms with Gasteiger partial charge in [0.1, 0.15) is 0 Å². The molecule has 0 aromatic heterocycles. The fraction of sp³-hybridized carbons (Fsp3) is 0.238. The van der Waals surface area contributed by atoms with Gasteiger partial charge in [-0.1, -0.05) is 48.5 Å². The summed E-state index contributed by atoms with van der Waals surface area (Å²) < 4.78 is 5.07. The first-order valence-corrected chi connectivity index (χ1v) is 8.87. The van der Waals surface area contributed by atoms with E-state index in [0.29, 0.717) is 11.1 Å². The van der Waals surface area contributed by atoms with E-state index in [2.05, 4.69) is 5.43 Å². The first-order valence-electron chi connectivity index (χ1n) is 8.87. The Morgan fingerprint density at radius 2 is 1.75 bits per heavy atom. The normalized spacial score (nSPS) is 16.0. The molecule has 1 aliphatic rings. The Morgan fingerprint density at radius 1 is 1.07 bits per heavy atom. The molecular weight excluding hydrogens is 360 g/mol. The number of carbonyl (C=O) groups excluding carboxylic acids is 4. The second-order valence-electron chi connectivity index (χ2n) is 6.56. The predicted octanol–water partition coefficient (Wildman–Crippen LogP) is 1.91. The van der Waals surface area contributed by atoms with Crippen molar-refractivity contribution in [2.24, 2.45) is 5.92 Å². The number of ketones is 1. The van der Waals surface area contributed by atoms with E-state index in [0.717, 1.165) is 10.6 Å². The van der Waals surface area contributed by atoms with E-state index in [1.807, 2.05) is 6.07 Å². The fourth-order valence-electron chi connectivity index (χ4n) is 2.95. The highest BCUT2D eigenvalue weighted by Crippen LogP contribution is 2.18. The molecular formula is C21H20N2O5. The number of benzene rings is 2. The van der Waals surface area contributed by atoms with Gasteiger partial charge >= 0.3 is 5.97 Å². The third kappa shape index (κ3) is 4.43. The van der Waals surface area contributed by atoms with Crippen LogP contribution in [-0.2, 0) is 14.3 Å². The lowest BCUT2D eigenvalue weighted by molar-refractivity contribution is -0.147.